The Hall–Kier alpha value is -1.03. The molecule has 1 saturated heterocycles. The third-order valence-corrected chi connectivity index (χ3v) is 3.18. The van der Waals surface area contributed by atoms with Crippen molar-refractivity contribution in [1.82, 2.24) is 0 Å². The predicted octanol–water partition coefficient (Wildman–Crippen LogP) is 2.27. The summed E-state index contributed by atoms with van der Waals surface area (Å²) in [4.78, 5) is 4.22. The number of ether oxygens (including phenoxy) is 2. The SMILES string of the molecule is CC(C)(CO)N=CC=C1OC(C)(C)C(C)(C)O1. The molecule has 1 fully saturated rings. The summed E-state index contributed by atoms with van der Waals surface area (Å²) in [5.74, 6) is 0.470. The van der Waals surface area contributed by atoms with Crippen molar-refractivity contribution in [2.45, 2.75) is 58.3 Å². The first kappa shape index (κ1) is 14.0. The standard InChI is InChI=1S/C13H23NO3/c1-11(2,9-15)14-8-7-10-16-12(3,4)13(5,6)17-10/h7-8,15H,9H2,1-6H3. The second-order valence-electron chi connectivity index (χ2n) is 5.96. The third-order valence-electron chi connectivity index (χ3n) is 3.18. The molecule has 0 spiro atoms. The second-order valence-corrected chi connectivity index (χ2v) is 5.96. The van der Waals surface area contributed by atoms with Crippen LogP contribution in [0.4, 0.5) is 0 Å². The van der Waals surface area contributed by atoms with Gasteiger partial charge >= 0.3 is 0 Å². The van der Waals surface area contributed by atoms with E-state index in [0.717, 1.165) is 0 Å². The Morgan fingerprint density at radius 1 is 1.18 bits per heavy atom. The molecule has 4 heteroatoms. The van der Waals surface area contributed by atoms with Crippen LogP contribution in [0.25, 0.3) is 0 Å². The van der Waals surface area contributed by atoms with Crippen LogP contribution in [0.15, 0.2) is 17.0 Å². The van der Waals surface area contributed by atoms with E-state index in [-0.39, 0.29) is 17.8 Å². The highest BCUT2D eigenvalue weighted by Crippen LogP contribution is 2.39. The molecule has 0 aromatic rings. The van der Waals surface area contributed by atoms with Gasteiger partial charge in [0.1, 0.15) is 11.2 Å². The molecule has 0 aromatic heterocycles. The van der Waals surface area contributed by atoms with Gasteiger partial charge in [0.05, 0.1) is 12.1 Å². The summed E-state index contributed by atoms with van der Waals surface area (Å²) in [5, 5.41) is 9.06. The predicted molar refractivity (Wildman–Crippen MR) is 68.1 cm³/mol. The smallest absolute Gasteiger partial charge is 0.282 e. The number of aliphatic imine (C=N–C) groups is 1. The van der Waals surface area contributed by atoms with Crippen LogP contribution in [0.2, 0.25) is 0 Å². The minimum absolute atomic E-state index is 0.00533. The number of nitrogens with zero attached hydrogens (tertiary/aromatic N) is 1. The molecule has 4 nitrogen and oxygen atoms in total. The zero-order valence-corrected chi connectivity index (χ0v) is 11.6. The minimum Gasteiger partial charge on any atom is -0.455 e. The number of aliphatic hydroxyl groups is 1. The highest BCUT2D eigenvalue weighted by atomic mass is 16.7. The Labute approximate surface area is 103 Å². The van der Waals surface area contributed by atoms with E-state index in [1.165, 1.54) is 0 Å². The molecular weight excluding hydrogens is 218 g/mol. The van der Waals surface area contributed by atoms with Gasteiger partial charge in [0.25, 0.3) is 5.95 Å². The fraction of sp³-hybridized carbons (Fsp3) is 0.769. The van der Waals surface area contributed by atoms with E-state index in [0.29, 0.717) is 5.95 Å². The first-order chi connectivity index (χ1) is 7.60. The Morgan fingerprint density at radius 2 is 1.65 bits per heavy atom. The van der Waals surface area contributed by atoms with Crippen LogP contribution < -0.4 is 0 Å². The Morgan fingerprint density at radius 3 is 2.06 bits per heavy atom. The molecule has 0 aliphatic carbocycles. The summed E-state index contributed by atoms with van der Waals surface area (Å²) >= 11 is 0. The Kier molecular flexibility index (Phi) is 3.58. The fourth-order valence-electron chi connectivity index (χ4n) is 1.18. The monoisotopic (exact) mass is 241 g/mol. The Balaban J connectivity index is 2.73. The van der Waals surface area contributed by atoms with E-state index < -0.39 is 5.54 Å². The molecule has 98 valence electrons. The van der Waals surface area contributed by atoms with Gasteiger partial charge < -0.3 is 14.6 Å². The van der Waals surface area contributed by atoms with Gasteiger partial charge in [-0.2, -0.15) is 0 Å². The minimum atomic E-state index is -0.472. The van der Waals surface area contributed by atoms with Crippen molar-refractivity contribution in [3.05, 3.63) is 12.0 Å². The van der Waals surface area contributed by atoms with Crippen molar-refractivity contribution >= 4 is 6.21 Å². The largest absolute Gasteiger partial charge is 0.455 e. The zero-order valence-electron chi connectivity index (χ0n) is 11.6. The molecule has 0 aromatic carbocycles. The summed E-state index contributed by atoms with van der Waals surface area (Å²) in [6.45, 7) is 11.7. The molecular formula is C13H23NO3. The van der Waals surface area contributed by atoms with Gasteiger partial charge in [-0.1, -0.05) is 0 Å². The maximum atomic E-state index is 9.06. The van der Waals surface area contributed by atoms with Crippen molar-refractivity contribution < 1.29 is 14.6 Å². The number of aliphatic hydroxyl groups excluding tert-OH is 1. The van der Waals surface area contributed by atoms with Crippen molar-refractivity contribution in [1.29, 1.82) is 0 Å². The molecule has 0 radical (unpaired) electrons. The van der Waals surface area contributed by atoms with Crippen LogP contribution in [0.1, 0.15) is 41.5 Å². The van der Waals surface area contributed by atoms with E-state index in [2.05, 4.69) is 4.99 Å². The average Bonchev–Trinajstić information content (AvgIpc) is 2.35. The molecule has 0 bridgehead atoms. The quantitative estimate of drug-likeness (QED) is 0.771. The summed E-state index contributed by atoms with van der Waals surface area (Å²) in [5.41, 5.74) is -1.20. The first-order valence-corrected chi connectivity index (χ1v) is 5.84. The van der Waals surface area contributed by atoms with Gasteiger partial charge in [-0.25, -0.2) is 0 Å². The molecule has 1 rings (SSSR count). The number of rotatable bonds is 3. The van der Waals surface area contributed by atoms with Crippen molar-refractivity contribution in [2.24, 2.45) is 4.99 Å². The van der Waals surface area contributed by atoms with Crippen LogP contribution in [-0.2, 0) is 9.47 Å². The molecule has 0 unspecified atom stereocenters. The highest BCUT2D eigenvalue weighted by Gasteiger charge is 2.48. The van der Waals surface area contributed by atoms with Crippen LogP contribution in [0.5, 0.6) is 0 Å². The first-order valence-electron chi connectivity index (χ1n) is 5.84. The van der Waals surface area contributed by atoms with Crippen molar-refractivity contribution in [2.75, 3.05) is 6.61 Å². The van der Waals surface area contributed by atoms with Gasteiger partial charge in [-0.05, 0) is 41.5 Å². The number of hydrogen-bond donors (Lipinski definition) is 1. The lowest BCUT2D eigenvalue weighted by molar-refractivity contribution is 0.00578. The number of hydrogen-bond acceptors (Lipinski definition) is 4. The van der Waals surface area contributed by atoms with E-state index >= 15 is 0 Å². The van der Waals surface area contributed by atoms with Crippen molar-refractivity contribution in [3.63, 3.8) is 0 Å². The molecule has 0 atom stereocenters. The van der Waals surface area contributed by atoms with Gasteiger partial charge in [-0.3, -0.25) is 4.99 Å². The molecule has 1 aliphatic heterocycles. The van der Waals surface area contributed by atoms with Gasteiger partial charge in [0.2, 0.25) is 0 Å². The summed E-state index contributed by atoms with van der Waals surface area (Å²) in [6, 6.07) is 0. The normalized spacial score (nSPS) is 22.4. The van der Waals surface area contributed by atoms with E-state index in [4.69, 9.17) is 14.6 Å². The molecule has 1 aliphatic rings. The number of allylic oxidation sites excluding steroid dienone is 1. The lowest BCUT2D eigenvalue weighted by atomic mass is 9.90. The third kappa shape index (κ3) is 3.22. The Bertz CT molecular complexity index is 323. The van der Waals surface area contributed by atoms with E-state index in [9.17, 15) is 0 Å². The summed E-state index contributed by atoms with van der Waals surface area (Å²) < 4.78 is 11.4. The van der Waals surface area contributed by atoms with Gasteiger partial charge in [-0.15, -0.1) is 0 Å². The van der Waals surface area contributed by atoms with Crippen LogP contribution in [-0.4, -0.2) is 34.7 Å². The topological polar surface area (TPSA) is 51.1 Å². The lowest BCUT2D eigenvalue weighted by Gasteiger charge is -2.28. The van der Waals surface area contributed by atoms with E-state index in [1.807, 2.05) is 41.5 Å². The average molecular weight is 241 g/mol. The molecule has 1 heterocycles. The molecule has 1 N–H and O–H groups in total. The highest BCUT2D eigenvalue weighted by molar-refractivity contribution is 5.71. The molecule has 17 heavy (non-hydrogen) atoms. The lowest BCUT2D eigenvalue weighted by Crippen LogP contribution is -2.41. The van der Waals surface area contributed by atoms with Gasteiger partial charge in [0.15, 0.2) is 0 Å². The maximum Gasteiger partial charge on any atom is 0.282 e. The van der Waals surface area contributed by atoms with Crippen LogP contribution in [0.3, 0.4) is 0 Å². The molecule has 0 saturated carbocycles. The van der Waals surface area contributed by atoms with Gasteiger partial charge in [0, 0.05) is 12.3 Å². The molecule has 0 amide bonds. The van der Waals surface area contributed by atoms with Crippen molar-refractivity contribution in [3.8, 4) is 0 Å². The van der Waals surface area contributed by atoms with E-state index in [1.54, 1.807) is 12.3 Å². The fourth-order valence-corrected chi connectivity index (χ4v) is 1.18. The zero-order chi connectivity index (χ0) is 13.3. The van der Waals surface area contributed by atoms with Crippen LogP contribution >= 0.6 is 0 Å². The summed E-state index contributed by atoms with van der Waals surface area (Å²) in [6.07, 6.45) is 3.30. The van der Waals surface area contributed by atoms with Crippen LogP contribution in [0, 0.1) is 0 Å². The maximum absolute atomic E-state index is 9.06. The summed E-state index contributed by atoms with van der Waals surface area (Å²) in [7, 11) is 0. The second kappa shape index (κ2) is 4.33.